The number of fused-ring (bicyclic) bond motifs is 2. The van der Waals surface area contributed by atoms with Gasteiger partial charge in [0.15, 0.2) is 0 Å². The molecule has 3 aromatic heterocycles. The molecule has 11 heteroatoms. The van der Waals surface area contributed by atoms with Gasteiger partial charge in [-0.2, -0.15) is 5.10 Å². The van der Waals surface area contributed by atoms with Crippen LogP contribution in [0.1, 0.15) is 20.8 Å². The van der Waals surface area contributed by atoms with Crippen molar-refractivity contribution in [2.45, 2.75) is 27.3 Å². The number of aryl methyl sites for hydroxylation is 1. The van der Waals surface area contributed by atoms with Crippen LogP contribution in [0, 0.1) is 5.82 Å². The lowest BCUT2D eigenvalue weighted by atomic mass is 10.1. The quantitative estimate of drug-likeness (QED) is 0.205. The first-order valence-electron chi connectivity index (χ1n) is 10.2. The third-order valence-corrected chi connectivity index (χ3v) is 7.61. The summed E-state index contributed by atoms with van der Waals surface area (Å²) in [6.07, 6.45) is 7.51. The molecule has 7 nitrogen and oxygen atoms in total. The average Bonchev–Trinajstić information content (AvgIpc) is 3.35. The highest BCUT2D eigenvalue weighted by molar-refractivity contribution is 9.10. The topological polar surface area (TPSA) is 82.7 Å². The summed E-state index contributed by atoms with van der Waals surface area (Å²) in [7, 11) is -4.12. The number of allylic oxidation sites excluding steroid dienone is 4. The number of benzene rings is 1. The molecular formula is C23H20BrClFN5O2S. The smallest absolute Gasteiger partial charge is 0.268 e. The Labute approximate surface area is 209 Å². The van der Waals surface area contributed by atoms with Crippen molar-refractivity contribution >= 4 is 59.5 Å². The summed E-state index contributed by atoms with van der Waals surface area (Å²) >= 11 is 9.39. The average molecular weight is 565 g/mol. The molecule has 0 aliphatic heterocycles. The lowest BCUT2D eigenvalue weighted by Gasteiger charge is -2.08. The highest BCUT2D eigenvalue weighted by Gasteiger charge is 2.26. The molecule has 0 atom stereocenters. The van der Waals surface area contributed by atoms with Crippen LogP contribution in [-0.4, -0.2) is 32.1 Å². The van der Waals surface area contributed by atoms with E-state index < -0.39 is 15.8 Å². The van der Waals surface area contributed by atoms with Gasteiger partial charge in [-0.25, -0.2) is 26.7 Å². The van der Waals surface area contributed by atoms with Crippen molar-refractivity contribution in [2.75, 3.05) is 0 Å². The Balaban J connectivity index is 2.10. The van der Waals surface area contributed by atoms with Crippen molar-refractivity contribution in [2.24, 2.45) is 0 Å². The number of aromatic nitrogens is 5. The number of halogens is 3. The van der Waals surface area contributed by atoms with Crippen LogP contribution in [0.3, 0.4) is 0 Å². The molecule has 0 radical (unpaired) electrons. The van der Waals surface area contributed by atoms with Gasteiger partial charge in [0.05, 0.1) is 21.1 Å². The van der Waals surface area contributed by atoms with E-state index in [0.717, 1.165) is 15.6 Å². The Morgan fingerprint density at radius 3 is 2.62 bits per heavy atom. The van der Waals surface area contributed by atoms with Gasteiger partial charge < -0.3 is 0 Å². The van der Waals surface area contributed by atoms with Gasteiger partial charge in [-0.15, -0.1) is 0 Å². The van der Waals surface area contributed by atoms with Crippen LogP contribution in [0.5, 0.6) is 0 Å². The molecule has 176 valence electrons. The van der Waals surface area contributed by atoms with Gasteiger partial charge in [0.1, 0.15) is 22.5 Å². The predicted molar refractivity (Wildman–Crippen MR) is 137 cm³/mol. The zero-order valence-corrected chi connectivity index (χ0v) is 21.7. The van der Waals surface area contributed by atoms with Gasteiger partial charge in [0.2, 0.25) is 5.28 Å². The lowest BCUT2D eigenvalue weighted by Crippen LogP contribution is -2.13. The zero-order chi connectivity index (χ0) is 24.8. The highest BCUT2D eigenvalue weighted by atomic mass is 79.9. The second-order valence-corrected chi connectivity index (χ2v) is 10.7. The summed E-state index contributed by atoms with van der Waals surface area (Å²) in [6.45, 7) is 9.86. The second kappa shape index (κ2) is 9.09. The molecule has 3 heterocycles. The van der Waals surface area contributed by atoms with E-state index in [1.165, 1.54) is 24.4 Å². The fraction of sp³-hybridized carbons (Fsp3) is 0.174. The molecule has 4 rings (SSSR count). The summed E-state index contributed by atoms with van der Waals surface area (Å²) in [5.74, 6) is -0.608. The first kappa shape index (κ1) is 24.3. The Morgan fingerprint density at radius 1 is 1.24 bits per heavy atom. The second-order valence-electron chi connectivity index (χ2n) is 7.70. The van der Waals surface area contributed by atoms with E-state index in [-0.39, 0.29) is 20.2 Å². The third-order valence-electron chi connectivity index (χ3n) is 5.11. The normalized spacial score (nSPS) is 12.5. The molecule has 34 heavy (non-hydrogen) atoms. The molecule has 0 aliphatic rings. The van der Waals surface area contributed by atoms with E-state index in [1.807, 2.05) is 20.8 Å². The first-order valence-corrected chi connectivity index (χ1v) is 12.8. The monoisotopic (exact) mass is 563 g/mol. The maximum Gasteiger partial charge on any atom is 0.268 e. The van der Waals surface area contributed by atoms with E-state index >= 15 is 0 Å². The maximum atomic E-state index is 14.6. The molecule has 0 N–H and O–H groups in total. The van der Waals surface area contributed by atoms with E-state index in [4.69, 9.17) is 11.6 Å². The third kappa shape index (κ3) is 4.21. The number of rotatable bonds is 6. The molecule has 0 fully saturated rings. The lowest BCUT2D eigenvalue weighted by molar-refractivity contribution is 0.596. The van der Waals surface area contributed by atoms with Crippen LogP contribution >= 0.6 is 27.5 Å². The summed E-state index contributed by atoms with van der Waals surface area (Å²) < 4.78 is 44.6. The molecule has 0 bridgehead atoms. The Kier molecular flexibility index (Phi) is 6.50. The molecule has 0 aliphatic carbocycles. The predicted octanol–water partition coefficient (Wildman–Crippen LogP) is 6.24. The van der Waals surface area contributed by atoms with Gasteiger partial charge in [-0.3, -0.25) is 4.68 Å². The van der Waals surface area contributed by atoms with Crippen molar-refractivity contribution in [1.29, 1.82) is 0 Å². The van der Waals surface area contributed by atoms with Crippen molar-refractivity contribution < 1.29 is 12.8 Å². The van der Waals surface area contributed by atoms with Gasteiger partial charge in [0.25, 0.3) is 10.0 Å². The molecule has 0 spiro atoms. The summed E-state index contributed by atoms with van der Waals surface area (Å²) in [6, 6.07) is 2.67. The minimum absolute atomic E-state index is 0.0154. The maximum absolute atomic E-state index is 14.6. The van der Waals surface area contributed by atoms with Crippen LogP contribution in [0.2, 0.25) is 5.28 Å². The Hall–Kier alpha value is -2.82. The molecular weight excluding hydrogens is 545 g/mol. The molecule has 0 saturated carbocycles. The molecule has 1 aromatic carbocycles. The van der Waals surface area contributed by atoms with Crippen molar-refractivity contribution in [3.63, 3.8) is 0 Å². The highest BCUT2D eigenvalue weighted by Crippen LogP contribution is 2.37. The summed E-state index contributed by atoms with van der Waals surface area (Å²) in [4.78, 5) is 8.55. The van der Waals surface area contributed by atoms with Gasteiger partial charge in [-0.1, -0.05) is 18.2 Å². The van der Waals surface area contributed by atoms with Crippen molar-refractivity contribution in [3.8, 4) is 11.3 Å². The van der Waals surface area contributed by atoms with Crippen molar-refractivity contribution in [3.05, 3.63) is 75.4 Å². The van der Waals surface area contributed by atoms with Crippen molar-refractivity contribution in [1.82, 2.24) is 23.7 Å². The van der Waals surface area contributed by atoms with E-state index in [9.17, 15) is 12.8 Å². The minimum Gasteiger partial charge on any atom is -0.270 e. The fourth-order valence-corrected chi connectivity index (χ4v) is 5.33. The van der Waals surface area contributed by atoms with Crippen LogP contribution < -0.4 is 0 Å². The van der Waals surface area contributed by atoms with E-state index in [1.54, 1.807) is 17.0 Å². The fourth-order valence-electron chi connectivity index (χ4n) is 3.48. The molecule has 0 unspecified atom stereocenters. The van der Waals surface area contributed by atoms with Crippen LogP contribution in [-0.2, 0) is 16.6 Å². The zero-order valence-electron chi connectivity index (χ0n) is 18.6. The Bertz CT molecular complexity index is 1630. The molecule has 0 saturated heterocycles. The molecule has 4 aromatic rings. The Morgan fingerprint density at radius 2 is 1.97 bits per heavy atom. The van der Waals surface area contributed by atoms with Crippen LogP contribution in [0.15, 0.2) is 64.3 Å². The number of hydrogen-bond donors (Lipinski definition) is 0. The first-order chi connectivity index (χ1) is 16.1. The standard InChI is InChI=1S/C23H20BrClFN5O2S/c1-5-14(8-7-13(3)4)34(32,33)31-11-16(15-9-17(24)18(26)10-20(15)31)21-22-19(27-23(25)28-21)12-30(6-2)29-22/h5,7-12H,1,6H2,2-4H3/b14-8+. The van der Waals surface area contributed by atoms with Gasteiger partial charge >= 0.3 is 0 Å². The summed E-state index contributed by atoms with van der Waals surface area (Å²) in [5, 5.41) is 4.95. The minimum atomic E-state index is -4.12. The SMILES string of the molecule is C=C/C(=C\C=C(C)C)S(=O)(=O)n1cc(-c2nc(Cl)nc3cn(CC)nc23)c2cc(Br)c(F)cc21. The van der Waals surface area contributed by atoms with E-state index in [0.29, 0.717) is 34.2 Å². The van der Waals surface area contributed by atoms with Crippen LogP contribution in [0.4, 0.5) is 4.39 Å². The molecule has 0 amide bonds. The summed E-state index contributed by atoms with van der Waals surface area (Å²) in [5.41, 5.74) is 2.77. The van der Waals surface area contributed by atoms with Gasteiger partial charge in [-0.05, 0) is 66.5 Å². The van der Waals surface area contributed by atoms with Gasteiger partial charge in [0, 0.05) is 29.8 Å². The number of hydrogen-bond acceptors (Lipinski definition) is 5. The largest absolute Gasteiger partial charge is 0.270 e. The van der Waals surface area contributed by atoms with E-state index in [2.05, 4.69) is 37.6 Å². The van der Waals surface area contributed by atoms with Crippen LogP contribution in [0.25, 0.3) is 33.2 Å². The number of nitrogens with zero attached hydrogens (tertiary/aromatic N) is 5.